The predicted octanol–water partition coefficient (Wildman–Crippen LogP) is 2.43. The lowest BCUT2D eigenvalue weighted by Gasteiger charge is -2.27. The van der Waals surface area contributed by atoms with Crippen LogP contribution in [-0.2, 0) is 9.53 Å². The van der Waals surface area contributed by atoms with Gasteiger partial charge in [-0.25, -0.2) is 0 Å². The topological polar surface area (TPSA) is 58.6 Å². The van der Waals surface area contributed by atoms with Crippen molar-refractivity contribution in [1.29, 1.82) is 0 Å². The number of ether oxygens (including phenoxy) is 1. The number of aliphatic carboxylic acids is 1. The minimum absolute atomic E-state index is 0.0792. The smallest absolute Gasteiger partial charge is 0.307 e. The summed E-state index contributed by atoms with van der Waals surface area (Å²) in [5, 5.41) is 12.1. The molecule has 4 heteroatoms. The summed E-state index contributed by atoms with van der Waals surface area (Å²) < 4.78 is 5.74. The van der Waals surface area contributed by atoms with E-state index in [0.717, 1.165) is 19.6 Å². The molecule has 0 aromatic carbocycles. The summed E-state index contributed by atoms with van der Waals surface area (Å²) in [5.41, 5.74) is 0. The van der Waals surface area contributed by atoms with Crippen LogP contribution < -0.4 is 5.32 Å². The quantitative estimate of drug-likeness (QED) is 0.623. The largest absolute Gasteiger partial charge is 0.481 e. The fourth-order valence-corrected chi connectivity index (χ4v) is 2.35. The summed E-state index contributed by atoms with van der Waals surface area (Å²) in [6, 6.07) is 0. The molecular weight excluding hydrogens is 230 g/mol. The van der Waals surface area contributed by atoms with Crippen molar-refractivity contribution >= 4 is 5.97 Å². The predicted molar refractivity (Wildman–Crippen MR) is 71.7 cm³/mol. The highest BCUT2D eigenvalue weighted by atomic mass is 16.5. The molecule has 2 N–H and O–H groups in total. The molecule has 0 amide bonds. The number of carboxylic acids is 1. The molecule has 0 radical (unpaired) electrons. The first-order valence-electron chi connectivity index (χ1n) is 7.29. The van der Waals surface area contributed by atoms with Crippen molar-refractivity contribution in [3.05, 3.63) is 0 Å². The van der Waals surface area contributed by atoms with Crippen LogP contribution in [0.2, 0.25) is 0 Å². The van der Waals surface area contributed by atoms with Gasteiger partial charge in [-0.2, -0.15) is 0 Å². The fraction of sp³-hybridized carbons (Fsp3) is 0.929. The molecule has 1 aliphatic rings. The van der Waals surface area contributed by atoms with Crippen molar-refractivity contribution in [2.75, 3.05) is 19.7 Å². The van der Waals surface area contributed by atoms with Crippen LogP contribution in [0.3, 0.4) is 0 Å². The van der Waals surface area contributed by atoms with Gasteiger partial charge >= 0.3 is 5.97 Å². The monoisotopic (exact) mass is 257 g/mol. The maximum atomic E-state index is 10.9. The van der Waals surface area contributed by atoms with E-state index in [4.69, 9.17) is 9.84 Å². The second-order valence-corrected chi connectivity index (χ2v) is 5.19. The normalized spacial score (nSPS) is 24.1. The summed E-state index contributed by atoms with van der Waals surface area (Å²) in [6.07, 6.45) is 8.27. The van der Waals surface area contributed by atoms with Crippen LogP contribution in [-0.4, -0.2) is 36.9 Å². The molecular formula is C14H27NO3. The van der Waals surface area contributed by atoms with Crippen molar-refractivity contribution in [2.24, 2.45) is 5.92 Å². The van der Waals surface area contributed by atoms with Crippen molar-refractivity contribution < 1.29 is 14.6 Å². The van der Waals surface area contributed by atoms with E-state index < -0.39 is 5.97 Å². The van der Waals surface area contributed by atoms with Gasteiger partial charge in [0.1, 0.15) is 0 Å². The molecule has 2 atom stereocenters. The molecule has 0 spiro atoms. The zero-order valence-corrected chi connectivity index (χ0v) is 11.5. The van der Waals surface area contributed by atoms with Crippen LogP contribution in [0.4, 0.5) is 0 Å². The number of carboxylic acid groups (broad SMARTS) is 1. The summed E-state index contributed by atoms with van der Waals surface area (Å²) in [4.78, 5) is 10.9. The number of rotatable bonds is 9. The zero-order chi connectivity index (χ0) is 13.2. The lowest BCUT2D eigenvalue weighted by molar-refractivity contribution is -0.144. The van der Waals surface area contributed by atoms with Crippen LogP contribution in [0.5, 0.6) is 0 Å². The Hall–Kier alpha value is -0.610. The molecule has 1 aliphatic heterocycles. The molecule has 4 nitrogen and oxygen atoms in total. The highest BCUT2D eigenvalue weighted by molar-refractivity contribution is 5.70. The number of hydrogen-bond acceptors (Lipinski definition) is 3. The second-order valence-electron chi connectivity index (χ2n) is 5.19. The van der Waals surface area contributed by atoms with E-state index in [0.29, 0.717) is 13.0 Å². The second kappa shape index (κ2) is 9.34. The molecule has 1 fully saturated rings. The Labute approximate surface area is 110 Å². The molecule has 1 heterocycles. The van der Waals surface area contributed by atoms with Crippen molar-refractivity contribution in [1.82, 2.24) is 5.32 Å². The van der Waals surface area contributed by atoms with Gasteiger partial charge in [-0.1, -0.05) is 39.0 Å². The van der Waals surface area contributed by atoms with Gasteiger partial charge in [-0.05, 0) is 12.8 Å². The first kappa shape index (κ1) is 15.4. The summed E-state index contributed by atoms with van der Waals surface area (Å²) in [5.74, 6) is -0.997. The maximum absolute atomic E-state index is 10.9. The molecule has 18 heavy (non-hydrogen) atoms. The number of carbonyl (C=O) groups is 1. The Kier molecular flexibility index (Phi) is 8.01. The maximum Gasteiger partial charge on any atom is 0.307 e. The standard InChI is InChI=1S/C14H27NO3/c1-2-3-4-5-6-7-8-18-13-9-12(14(16)17)10-15-11-13/h12-13,15H,2-11H2,1H3,(H,16,17). The molecule has 2 unspecified atom stereocenters. The van der Waals surface area contributed by atoms with Crippen molar-refractivity contribution in [3.8, 4) is 0 Å². The average Bonchev–Trinajstić information content (AvgIpc) is 2.38. The van der Waals surface area contributed by atoms with E-state index >= 15 is 0 Å². The molecule has 0 aromatic heterocycles. The number of piperidine rings is 1. The molecule has 0 bridgehead atoms. The summed E-state index contributed by atoms with van der Waals surface area (Å²) in [6.45, 7) is 4.36. The minimum atomic E-state index is -0.713. The third-order valence-corrected chi connectivity index (χ3v) is 3.51. The van der Waals surface area contributed by atoms with Gasteiger partial charge in [0.15, 0.2) is 0 Å². The Morgan fingerprint density at radius 2 is 1.94 bits per heavy atom. The van der Waals surface area contributed by atoms with Gasteiger partial charge in [0.2, 0.25) is 0 Å². The van der Waals surface area contributed by atoms with Crippen LogP contribution in [0.15, 0.2) is 0 Å². The molecule has 0 aromatic rings. The van der Waals surface area contributed by atoms with E-state index in [-0.39, 0.29) is 12.0 Å². The van der Waals surface area contributed by atoms with Gasteiger partial charge < -0.3 is 15.2 Å². The minimum Gasteiger partial charge on any atom is -0.481 e. The SMILES string of the molecule is CCCCCCCCOC1CNCC(C(=O)O)C1. The average molecular weight is 257 g/mol. The van der Waals surface area contributed by atoms with E-state index in [9.17, 15) is 4.79 Å². The Balaban J connectivity index is 2.00. The van der Waals surface area contributed by atoms with Crippen LogP contribution >= 0.6 is 0 Å². The molecule has 0 aliphatic carbocycles. The van der Waals surface area contributed by atoms with Gasteiger partial charge in [0.25, 0.3) is 0 Å². The molecule has 1 saturated heterocycles. The van der Waals surface area contributed by atoms with Crippen LogP contribution in [0.1, 0.15) is 51.9 Å². The third kappa shape index (κ3) is 6.36. The molecule has 106 valence electrons. The van der Waals surface area contributed by atoms with Gasteiger partial charge in [-0.15, -0.1) is 0 Å². The molecule has 1 rings (SSSR count). The van der Waals surface area contributed by atoms with Gasteiger partial charge in [0.05, 0.1) is 12.0 Å². The first-order valence-corrected chi connectivity index (χ1v) is 7.29. The first-order chi connectivity index (χ1) is 8.74. The fourth-order valence-electron chi connectivity index (χ4n) is 2.35. The lowest BCUT2D eigenvalue weighted by Crippen LogP contribution is -2.43. The third-order valence-electron chi connectivity index (χ3n) is 3.51. The van der Waals surface area contributed by atoms with E-state index in [2.05, 4.69) is 12.2 Å². The van der Waals surface area contributed by atoms with Crippen LogP contribution in [0, 0.1) is 5.92 Å². The van der Waals surface area contributed by atoms with Gasteiger partial charge in [0, 0.05) is 19.7 Å². The summed E-state index contributed by atoms with van der Waals surface area (Å²) >= 11 is 0. The molecule has 0 saturated carbocycles. The van der Waals surface area contributed by atoms with E-state index in [1.54, 1.807) is 0 Å². The lowest BCUT2D eigenvalue weighted by atomic mass is 9.98. The summed E-state index contributed by atoms with van der Waals surface area (Å²) in [7, 11) is 0. The van der Waals surface area contributed by atoms with Crippen molar-refractivity contribution in [2.45, 2.75) is 58.0 Å². The van der Waals surface area contributed by atoms with E-state index in [1.807, 2.05) is 0 Å². The number of hydrogen-bond donors (Lipinski definition) is 2. The van der Waals surface area contributed by atoms with Crippen LogP contribution in [0.25, 0.3) is 0 Å². The number of unbranched alkanes of at least 4 members (excludes halogenated alkanes) is 5. The van der Waals surface area contributed by atoms with Gasteiger partial charge in [-0.3, -0.25) is 4.79 Å². The Morgan fingerprint density at radius 1 is 1.22 bits per heavy atom. The van der Waals surface area contributed by atoms with E-state index in [1.165, 1.54) is 32.1 Å². The highest BCUT2D eigenvalue weighted by Crippen LogP contribution is 2.14. The zero-order valence-electron chi connectivity index (χ0n) is 11.5. The van der Waals surface area contributed by atoms with Crippen molar-refractivity contribution in [3.63, 3.8) is 0 Å². The Morgan fingerprint density at radius 3 is 2.67 bits per heavy atom. The Bertz CT molecular complexity index is 233. The number of nitrogens with one attached hydrogen (secondary N) is 1. The highest BCUT2D eigenvalue weighted by Gasteiger charge is 2.26.